The third-order valence-corrected chi connectivity index (χ3v) is 4.07. The number of hydrogen-bond donors (Lipinski definition) is 2. The van der Waals surface area contributed by atoms with Gasteiger partial charge >= 0.3 is 0 Å². The summed E-state index contributed by atoms with van der Waals surface area (Å²) in [6.07, 6.45) is 5.66. The summed E-state index contributed by atoms with van der Waals surface area (Å²) in [5, 5.41) is 4.55. The number of pyridine rings is 2. The Morgan fingerprint density at radius 1 is 1.17 bits per heavy atom. The monoisotopic (exact) mass is 327 g/mol. The van der Waals surface area contributed by atoms with E-state index in [1.165, 1.54) is 5.56 Å². The van der Waals surface area contributed by atoms with Gasteiger partial charge < -0.3 is 10.3 Å². The van der Waals surface area contributed by atoms with Crippen LogP contribution in [0.3, 0.4) is 0 Å². The average Bonchev–Trinajstić information content (AvgIpc) is 2.57. The van der Waals surface area contributed by atoms with Gasteiger partial charge in [-0.2, -0.15) is 0 Å². The fourth-order valence-corrected chi connectivity index (χ4v) is 2.80. The summed E-state index contributed by atoms with van der Waals surface area (Å²) in [4.78, 5) is 19.4. The normalized spacial score (nSPS) is 11.0. The van der Waals surface area contributed by atoms with Crippen molar-refractivity contribution in [1.29, 1.82) is 0 Å². The fourth-order valence-electron chi connectivity index (χ4n) is 2.57. The van der Waals surface area contributed by atoms with Crippen LogP contribution >= 0.6 is 11.6 Å². The van der Waals surface area contributed by atoms with E-state index < -0.39 is 0 Å². The van der Waals surface area contributed by atoms with Gasteiger partial charge in [0.15, 0.2) is 5.43 Å². The van der Waals surface area contributed by atoms with Crippen LogP contribution in [0.25, 0.3) is 10.9 Å². The second kappa shape index (κ2) is 7.40. The maximum atomic E-state index is 12.1. The number of para-hydroxylation sites is 1. The number of halogens is 1. The number of benzene rings is 1. The van der Waals surface area contributed by atoms with Crippen LogP contribution in [0, 0.1) is 0 Å². The van der Waals surface area contributed by atoms with E-state index in [-0.39, 0.29) is 5.43 Å². The van der Waals surface area contributed by atoms with E-state index in [9.17, 15) is 4.79 Å². The van der Waals surface area contributed by atoms with Gasteiger partial charge in [-0.25, -0.2) is 0 Å². The molecule has 0 saturated heterocycles. The molecule has 1 aromatic carbocycles. The van der Waals surface area contributed by atoms with Crippen molar-refractivity contribution in [3.05, 3.63) is 75.3 Å². The summed E-state index contributed by atoms with van der Waals surface area (Å²) in [6.45, 7) is 1.50. The zero-order valence-corrected chi connectivity index (χ0v) is 13.4. The maximum Gasteiger partial charge on any atom is 0.189 e. The number of rotatable bonds is 6. The molecular weight excluding hydrogens is 310 g/mol. The second-order valence-corrected chi connectivity index (χ2v) is 5.86. The summed E-state index contributed by atoms with van der Waals surface area (Å²) in [5.41, 5.74) is 2.83. The lowest BCUT2D eigenvalue weighted by atomic mass is 10.1. The molecule has 0 fully saturated rings. The fraction of sp³-hybridized carbons (Fsp3) is 0.222. The van der Waals surface area contributed by atoms with Crippen LogP contribution in [-0.2, 0) is 13.0 Å². The smallest absolute Gasteiger partial charge is 0.189 e. The van der Waals surface area contributed by atoms with Gasteiger partial charge in [0.05, 0.1) is 10.5 Å². The molecule has 0 saturated carbocycles. The Balaban J connectivity index is 1.57. The molecule has 118 valence electrons. The summed E-state index contributed by atoms with van der Waals surface area (Å²) >= 11 is 6.16. The van der Waals surface area contributed by atoms with Crippen LogP contribution in [0.1, 0.15) is 17.7 Å². The van der Waals surface area contributed by atoms with Crippen LogP contribution in [0.15, 0.2) is 53.6 Å². The van der Waals surface area contributed by atoms with Crippen molar-refractivity contribution in [2.24, 2.45) is 0 Å². The largest absolute Gasteiger partial charge is 0.356 e. The molecule has 0 amide bonds. The molecule has 0 aliphatic rings. The topological polar surface area (TPSA) is 57.8 Å². The van der Waals surface area contributed by atoms with E-state index in [1.807, 2.05) is 24.5 Å². The molecule has 2 heterocycles. The third-order valence-electron chi connectivity index (χ3n) is 3.75. The molecule has 0 atom stereocenters. The number of H-pyrrole nitrogens is 1. The molecule has 5 heteroatoms. The summed E-state index contributed by atoms with van der Waals surface area (Å²) in [5.74, 6) is 0. The number of hydrogen-bond acceptors (Lipinski definition) is 3. The highest BCUT2D eigenvalue weighted by Crippen LogP contribution is 2.18. The van der Waals surface area contributed by atoms with E-state index >= 15 is 0 Å². The number of nitrogens with one attached hydrogen (secondary N) is 2. The molecule has 2 N–H and O–H groups in total. The minimum Gasteiger partial charge on any atom is -0.356 e. The van der Waals surface area contributed by atoms with Crippen LogP contribution in [0.4, 0.5) is 0 Å². The Bertz CT molecular complexity index is 846. The zero-order chi connectivity index (χ0) is 16.1. The number of nitrogens with zero attached hydrogens (tertiary/aromatic N) is 1. The predicted octanol–water partition coefficient (Wildman–Crippen LogP) is 3.30. The molecule has 0 radical (unpaired) electrons. The highest BCUT2D eigenvalue weighted by molar-refractivity contribution is 6.35. The van der Waals surface area contributed by atoms with Gasteiger partial charge in [-0.1, -0.05) is 17.7 Å². The average molecular weight is 328 g/mol. The lowest BCUT2D eigenvalue weighted by Gasteiger charge is -2.07. The standard InChI is InChI=1S/C18H18ClN3O/c19-16-5-1-4-15-17(23)11-14(22-18(15)16)12-21-8-2-3-13-6-9-20-10-7-13/h1,4-7,9-11,21H,2-3,8,12H2,(H,22,23). The van der Waals surface area contributed by atoms with E-state index in [0.29, 0.717) is 22.5 Å². The molecular formula is C18H18ClN3O. The molecule has 0 unspecified atom stereocenters. The Kier molecular flexibility index (Phi) is 5.05. The third kappa shape index (κ3) is 3.97. The lowest BCUT2D eigenvalue weighted by Crippen LogP contribution is -2.18. The first-order valence-corrected chi connectivity index (χ1v) is 8.02. The Morgan fingerprint density at radius 3 is 2.83 bits per heavy atom. The zero-order valence-electron chi connectivity index (χ0n) is 12.7. The van der Waals surface area contributed by atoms with Crippen LogP contribution < -0.4 is 10.7 Å². The summed E-state index contributed by atoms with van der Waals surface area (Å²) in [6, 6.07) is 11.1. The molecule has 3 aromatic rings. The van der Waals surface area contributed by atoms with Crippen molar-refractivity contribution in [1.82, 2.24) is 15.3 Å². The Labute approximate surface area is 139 Å². The first-order chi connectivity index (χ1) is 11.2. The van der Waals surface area contributed by atoms with Crippen molar-refractivity contribution in [2.45, 2.75) is 19.4 Å². The minimum absolute atomic E-state index is 0.00478. The van der Waals surface area contributed by atoms with Crippen molar-refractivity contribution in [2.75, 3.05) is 6.54 Å². The highest BCUT2D eigenvalue weighted by Gasteiger charge is 2.05. The van der Waals surface area contributed by atoms with Gasteiger partial charge in [0.2, 0.25) is 0 Å². The van der Waals surface area contributed by atoms with E-state index in [4.69, 9.17) is 11.6 Å². The van der Waals surface area contributed by atoms with Gasteiger partial charge in [0, 0.05) is 36.1 Å². The van der Waals surface area contributed by atoms with Gasteiger partial charge in [-0.05, 0) is 49.2 Å². The van der Waals surface area contributed by atoms with Crippen molar-refractivity contribution in [3.63, 3.8) is 0 Å². The number of aromatic amines is 1. The summed E-state index contributed by atoms with van der Waals surface area (Å²) < 4.78 is 0. The second-order valence-electron chi connectivity index (χ2n) is 5.46. The number of aromatic nitrogens is 2. The molecule has 4 nitrogen and oxygen atoms in total. The van der Waals surface area contributed by atoms with Crippen molar-refractivity contribution >= 4 is 22.5 Å². The molecule has 0 aliphatic heterocycles. The van der Waals surface area contributed by atoms with Crippen LogP contribution in [0.2, 0.25) is 5.02 Å². The molecule has 0 bridgehead atoms. The summed E-state index contributed by atoms with van der Waals surface area (Å²) in [7, 11) is 0. The molecule has 0 spiro atoms. The molecule has 0 aliphatic carbocycles. The SMILES string of the molecule is O=c1cc(CNCCCc2ccncc2)[nH]c2c(Cl)cccc12. The van der Waals surface area contributed by atoms with E-state index in [0.717, 1.165) is 25.1 Å². The van der Waals surface area contributed by atoms with Gasteiger partial charge in [0.1, 0.15) is 0 Å². The molecule has 3 rings (SSSR count). The first-order valence-electron chi connectivity index (χ1n) is 7.64. The van der Waals surface area contributed by atoms with Gasteiger partial charge in [0.25, 0.3) is 0 Å². The van der Waals surface area contributed by atoms with Crippen LogP contribution in [0.5, 0.6) is 0 Å². The minimum atomic E-state index is -0.00478. The van der Waals surface area contributed by atoms with E-state index in [1.54, 1.807) is 24.3 Å². The molecule has 2 aromatic heterocycles. The molecule has 23 heavy (non-hydrogen) atoms. The lowest BCUT2D eigenvalue weighted by molar-refractivity contribution is 0.641. The quantitative estimate of drug-likeness (QED) is 0.683. The Morgan fingerprint density at radius 2 is 2.00 bits per heavy atom. The van der Waals surface area contributed by atoms with Gasteiger partial charge in [-0.3, -0.25) is 9.78 Å². The number of fused-ring (bicyclic) bond motifs is 1. The Hall–Kier alpha value is -2.17. The predicted molar refractivity (Wildman–Crippen MR) is 93.8 cm³/mol. The number of aryl methyl sites for hydroxylation is 1. The van der Waals surface area contributed by atoms with Gasteiger partial charge in [-0.15, -0.1) is 0 Å². The van der Waals surface area contributed by atoms with Crippen LogP contribution in [-0.4, -0.2) is 16.5 Å². The highest BCUT2D eigenvalue weighted by atomic mass is 35.5. The van der Waals surface area contributed by atoms with Crippen molar-refractivity contribution < 1.29 is 0 Å². The maximum absolute atomic E-state index is 12.1. The first kappa shape index (κ1) is 15.7. The van der Waals surface area contributed by atoms with Crippen molar-refractivity contribution in [3.8, 4) is 0 Å². The van der Waals surface area contributed by atoms with E-state index in [2.05, 4.69) is 15.3 Å².